The molecule has 0 aliphatic carbocycles. The molecule has 1 aliphatic heterocycles. The number of likely N-dealkylation sites (tertiary alicyclic amines) is 1. The summed E-state index contributed by atoms with van der Waals surface area (Å²) >= 11 is 0. The lowest BCUT2D eigenvalue weighted by molar-refractivity contribution is -0.119. The number of nitrogens with zero attached hydrogens (tertiary/aromatic N) is 2. The Hall–Kier alpha value is -1.86. The summed E-state index contributed by atoms with van der Waals surface area (Å²) in [5.41, 5.74) is 1.81. The fraction of sp³-hybridized carbons (Fsp3) is 0.529. The molecular formula is C17H23N3O. The molecular weight excluding hydrogens is 262 g/mol. The number of amides is 1. The number of carbonyl (C=O) groups excluding carboxylic acids is 1. The van der Waals surface area contributed by atoms with Crippen molar-refractivity contribution in [1.29, 1.82) is 5.26 Å². The molecule has 1 aliphatic rings. The van der Waals surface area contributed by atoms with Gasteiger partial charge < -0.3 is 5.32 Å². The summed E-state index contributed by atoms with van der Waals surface area (Å²) in [5, 5.41) is 12.2. The minimum absolute atomic E-state index is 0.0420. The van der Waals surface area contributed by atoms with Crippen LogP contribution in [0.3, 0.4) is 0 Å². The van der Waals surface area contributed by atoms with Gasteiger partial charge in [0, 0.05) is 32.6 Å². The predicted octanol–water partition coefficient (Wildman–Crippen LogP) is 2.29. The average molecular weight is 285 g/mol. The summed E-state index contributed by atoms with van der Waals surface area (Å²) in [5.74, 6) is 0.550. The van der Waals surface area contributed by atoms with Crippen LogP contribution in [-0.2, 0) is 11.3 Å². The number of benzene rings is 1. The molecule has 4 heteroatoms. The van der Waals surface area contributed by atoms with Crippen molar-refractivity contribution in [3.63, 3.8) is 0 Å². The third-order valence-electron chi connectivity index (χ3n) is 4.10. The van der Waals surface area contributed by atoms with E-state index in [2.05, 4.69) is 23.2 Å². The van der Waals surface area contributed by atoms with E-state index in [1.165, 1.54) is 0 Å². The highest BCUT2D eigenvalue weighted by molar-refractivity contribution is 5.73. The second-order valence-corrected chi connectivity index (χ2v) is 5.82. The number of nitriles is 1. The van der Waals surface area contributed by atoms with Crippen molar-refractivity contribution in [2.75, 3.05) is 13.1 Å². The normalized spacial score (nSPS) is 22.0. The lowest BCUT2D eigenvalue weighted by atomic mass is 9.98. The third-order valence-corrected chi connectivity index (χ3v) is 4.10. The Morgan fingerprint density at radius 2 is 2.19 bits per heavy atom. The second-order valence-electron chi connectivity index (χ2n) is 5.82. The van der Waals surface area contributed by atoms with Gasteiger partial charge in [-0.25, -0.2) is 0 Å². The number of rotatable bonds is 5. The summed E-state index contributed by atoms with van der Waals surface area (Å²) in [6.07, 6.45) is 2.25. The zero-order chi connectivity index (χ0) is 15.2. The predicted molar refractivity (Wildman–Crippen MR) is 82.4 cm³/mol. The van der Waals surface area contributed by atoms with Crippen LogP contribution in [0.15, 0.2) is 24.3 Å². The van der Waals surface area contributed by atoms with Crippen molar-refractivity contribution in [2.45, 2.75) is 39.3 Å². The van der Waals surface area contributed by atoms with Gasteiger partial charge in [0.25, 0.3) is 0 Å². The molecule has 112 valence electrons. The smallest absolute Gasteiger partial charge is 0.217 e. The van der Waals surface area contributed by atoms with Gasteiger partial charge in [0.1, 0.15) is 0 Å². The largest absolute Gasteiger partial charge is 0.352 e. The van der Waals surface area contributed by atoms with Gasteiger partial charge >= 0.3 is 0 Å². The van der Waals surface area contributed by atoms with E-state index in [1.54, 1.807) is 6.92 Å². The van der Waals surface area contributed by atoms with Crippen LogP contribution in [0.5, 0.6) is 0 Å². The number of hydrogen-bond donors (Lipinski definition) is 1. The molecule has 1 saturated heterocycles. The van der Waals surface area contributed by atoms with E-state index in [-0.39, 0.29) is 11.9 Å². The van der Waals surface area contributed by atoms with Gasteiger partial charge in [0.15, 0.2) is 0 Å². The lowest BCUT2D eigenvalue weighted by Crippen LogP contribution is -2.39. The molecule has 1 amide bonds. The van der Waals surface area contributed by atoms with E-state index in [4.69, 9.17) is 0 Å². The maximum Gasteiger partial charge on any atom is 0.217 e. The molecule has 0 saturated carbocycles. The summed E-state index contributed by atoms with van der Waals surface area (Å²) in [7, 11) is 0. The van der Waals surface area contributed by atoms with Crippen LogP contribution in [0.1, 0.15) is 37.8 Å². The summed E-state index contributed by atoms with van der Waals surface area (Å²) < 4.78 is 0. The van der Waals surface area contributed by atoms with Gasteiger partial charge in [-0.3, -0.25) is 9.69 Å². The monoisotopic (exact) mass is 285 g/mol. The zero-order valence-corrected chi connectivity index (χ0v) is 12.8. The minimum atomic E-state index is 0.0420. The van der Waals surface area contributed by atoms with Gasteiger partial charge in [0.05, 0.1) is 11.6 Å². The molecule has 1 aromatic rings. The Bertz CT molecular complexity index is 535. The average Bonchev–Trinajstić information content (AvgIpc) is 2.81. The maximum atomic E-state index is 11.3. The molecule has 2 atom stereocenters. The Balaban J connectivity index is 2.05. The number of carbonyl (C=O) groups is 1. The highest BCUT2D eigenvalue weighted by Crippen LogP contribution is 2.24. The number of nitrogens with one attached hydrogen (secondary N) is 1. The molecule has 21 heavy (non-hydrogen) atoms. The van der Waals surface area contributed by atoms with Crippen molar-refractivity contribution in [3.8, 4) is 6.07 Å². The van der Waals surface area contributed by atoms with Crippen LogP contribution in [0.2, 0.25) is 0 Å². The van der Waals surface area contributed by atoms with Crippen LogP contribution in [0.4, 0.5) is 0 Å². The van der Waals surface area contributed by atoms with Crippen molar-refractivity contribution >= 4 is 5.91 Å². The van der Waals surface area contributed by atoms with Crippen LogP contribution in [0, 0.1) is 17.2 Å². The molecule has 0 radical (unpaired) electrons. The van der Waals surface area contributed by atoms with E-state index in [0.29, 0.717) is 5.92 Å². The van der Waals surface area contributed by atoms with E-state index in [9.17, 15) is 10.1 Å². The Morgan fingerprint density at radius 3 is 2.86 bits per heavy atom. The van der Waals surface area contributed by atoms with Crippen molar-refractivity contribution in [1.82, 2.24) is 10.2 Å². The van der Waals surface area contributed by atoms with Crippen LogP contribution in [-0.4, -0.2) is 29.9 Å². The molecule has 4 nitrogen and oxygen atoms in total. The molecule has 0 aromatic heterocycles. The third kappa shape index (κ3) is 4.05. The number of hydrogen-bond acceptors (Lipinski definition) is 3. The van der Waals surface area contributed by atoms with Crippen LogP contribution >= 0.6 is 0 Å². The van der Waals surface area contributed by atoms with Crippen molar-refractivity contribution in [2.24, 2.45) is 5.92 Å². The van der Waals surface area contributed by atoms with E-state index < -0.39 is 0 Å². The summed E-state index contributed by atoms with van der Waals surface area (Å²) in [4.78, 5) is 13.7. The van der Waals surface area contributed by atoms with Gasteiger partial charge in [-0.1, -0.05) is 31.5 Å². The first-order valence-electron chi connectivity index (χ1n) is 7.61. The maximum absolute atomic E-state index is 11.3. The molecule has 0 spiro atoms. The zero-order valence-electron chi connectivity index (χ0n) is 12.8. The van der Waals surface area contributed by atoms with Crippen LogP contribution < -0.4 is 5.32 Å². The Kier molecular flexibility index (Phi) is 5.35. The quantitative estimate of drug-likeness (QED) is 0.903. The van der Waals surface area contributed by atoms with Gasteiger partial charge in [0.2, 0.25) is 5.91 Å². The Morgan fingerprint density at radius 1 is 1.43 bits per heavy atom. The van der Waals surface area contributed by atoms with E-state index >= 15 is 0 Å². The first-order chi connectivity index (χ1) is 10.1. The highest BCUT2D eigenvalue weighted by Gasteiger charge is 2.32. The molecule has 1 aromatic carbocycles. The Labute approximate surface area is 126 Å². The standard InChI is InChI=1S/C17H23N3O/c1-3-6-16-11-20(12-17(16)19-13(2)21)10-15-8-5-4-7-14(15)9-18/h4-5,7-8,16-17H,3,6,10-12H2,1-2H3,(H,19,21)/t16-,17-/m1/s1. The highest BCUT2D eigenvalue weighted by atomic mass is 16.1. The molecule has 1 N–H and O–H groups in total. The SMILES string of the molecule is CCC[C@@H]1CN(Cc2ccccc2C#N)C[C@H]1NC(C)=O. The van der Waals surface area contributed by atoms with Crippen molar-refractivity contribution in [3.05, 3.63) is 35.4 Å². The molecule has 1 heterocycles. The lowest BCUT2D eigenvalue weighted by Gasteiger charge is -2.18. The molecule has 1 fully saturated rings. The molecule has 0 bridgehead atoms. The van der Waals surface area contributed by atoms with Crippen molar-refractivity contribution < 1.29 is 4.79 Å². The molecule has 2 rings (SSSR count). The van der Waals surface area contributed by atoms with E-state index in [1.807, 2.05) is 24.3 Å². The summed E-state index contributed by atoms with van der Waals surface area (Å²) in [6.45, 7) is 6.39. The first-order valence-corrected chi connectivity index (χ1v) is 7.61. The first kappa shape index (κ1) is 15.5. The van der Waals surface area contributed by atoms with Gasteiger partial charge in [-0.15, -0.1) is 0 Å². The molecule has 0 unspecified atom stereocenters. The fourth-order valence-corrected chi connectivity index (χ4v) is 3.19. The second kappa shape index (κ2) is 7.24. The minimum Gasteiger partial charge on any atom is -0.352 e. The van der Waals surface area contributed by atoms with Gasteiger partial charge in [-0.05, 0) is 24.0 Å². The van der Waals surface area contributed by atoms with E-state index in [0.717, 1.165) is 43.6 Å². The van der Waals surface area contributed by atoms with Crippen LogP contribution in [0.25, 0.3) is 0 Å². The van der Waals surface area contributed by atoms with Gasteiger partial charge in [-0.2, -0.15) is 5.26 Å². The topological polar surface area (TPSA) is 56.1 Å². The summed E-state index contributed by atoms with van der Waals surface area (Å²) in [6, 6.07) is 10.2. The fourth-order valence-electron chi connectivity index (χ4n) is 3.19.